The SMILES string of the molecule is CC(C)(C(=O)O)c1cccc([C@H]2[C@@H]3CN(C(=O)[C@@H]4CCOC(=O)NC4)C[C@@H]32)c1. The number of carbonyl (C=O) groups excluding carboxylic acids is 2. The first-order valence-corrected chi connectivity index (χ1v) is 9.82. The van der Waals surface area contributed by atoms with Crippen molar-refractivity contribution in [2.75, 3.05) is 26.2 Å². The first-order chi connectivity index (χ1) is 13.3. The third kappa shape index (κ3) is 3.23. The molecular formula is C21H26N2O5. The molecule has 150 valence electrons. The van der Waals surface area contributed by atoms with Gasteiger partial charge in [-0.2, -0.15) is 0 Å². The van der Waals surface area contributed by atoms with Crippen molar-refractivity contribution in [3.8, 4) is 0 Å². The number of likely N-dealkylation sites (tertiary alicyclic amines) is 1. The molecule has 4 rings (SSSR count). The summed E-state index contributed by atoms with van der Waals surface area (Å²) in [6.45, 7) is 5.50. The van der Waals surface area contributed by atoms with Crippen LogP contribution in [0.5, 0.6) is 0 Å². The lowest BCUT2D eigenvalue weighted by Gasteiger charge is -2.25. The summed E-state index contributed by atoms with van der Waals surface area (Å²) in [5.74, 6) is 0.301. The number of rotatable bonds is 4. The number of fused-ring (bicyclic) bond motifs is 1. The number of nitrogens with zero attached hydrogens (tertiary/aromatic N) is 1. The van der Waals surface area contributed by atoms with Gasteiger partial charge >= 0.3 is 12.1 Å². The van der Waals surface area contributed by atoms with Gasteiger partial charge in [-0.15, -0.1) is 0 Å². The lowest BCUT2D eigenvalue weighted by atomic mass is 9.83. The van der Waals surface area contributed by atoms with Crippen molar-refractivity contribution >= 4 is 18.0 Å². The number of amides is 2. The average molecular weight is 386 g/mol. The van der Waals surface area contributed by atoms with Gasteiger partial charge < -0.3 is 20.1 Å². The number of cyclic esters (lactones) is 1. The number of carboxylic acids is 1. The maximum Gasteiger partial charge on any atom is 0.407 e. The summed E-state index contributed by atoms with van der Waals surface area (Å²) in [5, 5.41) is 12.1. The van der Waals surface area contributed by atoms with Gasteiger partial charge in [-0.25, -0.2) is 4.79 Å². The van der Waals surface area contributed by atoms with Crippen LogP contribution in [-0.2, 0) is 19.7 Å². The summed E-state index contributed by atoms with van der Waals surface area (Å²) in [6, 6.07) is 7.88. The Balaban J connectivity index is 1.39. The molecule has 3 fully saturated rings. The summed E-state index contributed by atoms with van der Waals surface area (Å²) < 4.78 is 4.94. The van der Waals surface area contributed by atoms with Gasteiger partial charge in [-0.05, 0) is 49.1 Å². The molecule has 0 bridgehead atoms. The minimum absolute atomic E-state index is 0.0949. The normalized spacial score (nSPS) is 29.4. The molecule has 0 spiro atoms. The van der Waals surface area contributed by atoms with Gasteiger partial charge in [0.1, 0.15) is 0 Å². The Morgan fingerprint density at radius 2 is 1.96 bits per heavy atom. The Morgan fingerprint density at radius 3 is 2.64 bits per heavy atom. The monoisotopic (exact) mass is 386 g/mol. The fraction of sp³-hybridized carbons (Fsp3) is 0.571. The predicted octanol–water partition coefficient (Wildman–Crippen LogP) is 1.97. The number of hydrogen-bond acceptors (Lipinski definition) is 4. The Morgan fingerprint density at radius 1 is 1.25 bits per heavy atom. The summed E-state index contributed by atoms with van der Waals surface area (Å²) >= 11 is 0. The molecule has 2 aliphatic heterocycles. The minimum atomic E-state index is -0.923. The second-order valence-electron chi connectivity index (χ2n) is 8.65. The number of carboxylic acid groups (broad SMARTS) is 1. The van der Waals surface area contributed by atoms with Crippen LogP contribution in [0.4, 0.5) is 4.79 Å². The van der Waals surface area contributed by atoms with Gasteiger partial charge in [0, 0.05) is 19.6 Å². The zero-order valence-corrected chi connectivity index (χ0v) is 16.2. The van der Waals surface area contributed by atoms with Crippen molar-refractivity contribution in [3.05, 3.63) is 35.4 Å². The molecule has 1 aromatic rings. The molecule has 1 saturated carbocycles. The predicted molar refractivity (Wildman–Crippen MR) is 101 cm³/mol. The van der Waals surface area contributed by atoms with E-state index in [2.05, 4.69) is 11.4 Å². The highest BCUT2D eigenvalue weighted by Crippen LogP contribution is 2.58. The van der Waals surface area contributed by atoms with Crippen LogP contribution in [0.2, 0.25) is 0 Å². The summed E-state index contributed by atoms with van der Waals surface area (Å²) in [4.78, 5) is 37.5. The summed E-state index contributed by atoms with van der Waals surface area (Å²) in [7, 11) is 0. The van der Waals surface area contributed by atoms with Gasteiger partial charge in [0.15, 0.2) is 0 Å². The van der Waals surface area contributed by atoms with Crippen molar-refractivity contribution < 1.29 is 24.2 Å². The van der Waals surface area contributed by atoms with Crippen LogP contribution in [0.1, 0.15) is 37.3 Å². The lowest BCUT2D eigenvalue weighted by Crippen LogP contribution is -2.40. The highest BCUT2D eigenvalue weighted by molar-refractivity contribution is 5.81. The fourth-order valence-corrected chi connectivity index (χ4v) is 4.58. The Kier molecular flexibility index (Phi) is 4.56. The van der Waals surface area contributed by atoms with E-state index in [0.29, 0.717) is 30.7 Å². The van der Waals surface area contributed by atoms with Crippen LogP contribution in [-0.4, -0.2) is 54.2 Å². The van der Waals surface area contributed by atoms with E-state index in [1.54, 1.807) is 13.8 Å². The van der Waals surface area contributed by atoms with E-state index in [0.717, 1.165) is 18.7 Å². The molecular weight excluding hydrogens is 360 g/mol. The number of aliphatic carboxylic acids is 1. The van der Waals surface area contributed by atoms with Gasteiger partial charge in [-0.3, -0.25) is 9.59 Å². The summed E-state index contributed by atoms with van der Waals surface area (Å²) in [5.41, 5.74) is 1.06. The lowest BCUT2D eigenvalue weighted by molar-refractivity contribution is -0.142. The van der Waals surface area contributed by atoms with Crippen LogP contribution in [0, 0.1) is 17.8 Å². The van der Waals surface area contributed by atoms with E-state index in [1.165, 1.54) is 5.56 Å². The van der Waals surface area contributed by atoms with Crippen molar-refractivity contribution in [3.63, 3.8) is 0 Å². The summed E-state index contributed by atoms with van der Waals surface area (Å²) in [6.07, 6.45) is 0.0999. The fourth-order valence-electron chi connectivity index (χ4n) is 4.58. The quantitative estimate of drug-likeness (QED) is 0.825. The molecule has 2 N–H and O–H groups in total. The number of piperidine rings is 1. The number of benzene rings is 1. The van der Waals surface area contributed by atoms with E-state index in [1.807, 2.05) is 23.1 Å². The molecule has 7 heteroatoms. The molecule has 28 heavy (non-hydrogen) atoms. The number of nitrogens with one attached hydrogen (secondary N) is 1. The zero-order valence-electron chi connectivity index (χ0n) is 16.2. The second-order valence-corrected chi connectivity index (χ2v) is 8.65. The van der Waals surface area contributed by atoms with Crippen LogP contribution in [0.3, 0.4) is 0 Å². The van der Waals surface area contributed by atoms with E-state index in [4.69, 9.17) is 4.74 Å². The number of alkyl carbamates (subject to hydrolysis) is 1. The third-order valence-corrected chi connectivity index (χ3v) is 6.58. The first kappa shape index (κ1) is 18.8. The molecule has 0 unspecified atom stereocenters. The van der Waals surface area contributed by atoms with Crippen molar-refractivity contribution in [1.29, 1.82) is 0 Å². The van der Waals surface area contributed by atoms with Gasteiger partial charge in [0.2, 0.25) is 5.91 Å². The van der Waals surface area contributed by atoms with Crippen molar-refractivity contribution in [1.82, 2.24) is 10.2 Å². The van der Waals surface area contributed by atoms with Crippen LogP contribution >= 0.6 is 0 Å². The largest absolute Gasteiger partial charge is 0.481 e. The van der Waals surface area contributed by atoms with Gasteiger partial charge in [0.05, 0.1) is 17.9 Å². The smallest absolute Gasteiger partial charge is 0.407 e. The Hall–Kier alpha value is -2.57. The molecule has 3 aliphatic rings. The average Bonchev–Trinajstić information content (AvgIpc) is 3.26. The molecule has 0 radical (unpaired) electrons. The van der Waals surface area contributed by atoms with Crippen LogP contribution in [0.15, 0.2) is 24.3 Å². The maximum atomic E-state index is 12.8. The van der Waals surface area contributed by atoms with Gasteiger partial charge in [0.25, 0.3) is 0 Å². The Labute approximate surface area is 164 Å². The number of carbonyl (C=O) groups is 3. The molecule has 4 atom stereocenters. The zero-order chi connectivity index (χ0) is 20.1. The maximum absolute atomic E-state index is 12.8. The van der Waals surface area contributed by atoms with E-state index in [9.17, 15) is 19.5 Å². The Bertz CT molecular complexity index is 809. The molecule has 2 saturated heterocycles. The van der Waals surface area contributed by atoms with E-state index in [-0.39, 0.29) is 18.4 Å². The van der Waals surface area contributed by atoms with Gasteiger partial charge in [-0.1, -0.05) is 24.3 Å². The number of hydrogen-bond donors (Lipinski definition) is 2. The molecule has 7 nitrogen and oxygen atoms in total. The van der Waals surface area contributed by atoms with Crippen molar-refractivity contribution in [2.24, 2.45) is 17.8 Å². The van der Waals surface area contributed by atoms with Crippen LogP contribution < -0.4 is 5.32 Å². The molecule has 1 aliphatic carbocycles. The second kappa shape index (κ2) is 6.79. The van der Waals surface area contributed by atoms with E-state index < -0.39 is 17.5 Å². The molecule has 1 aromatic carbocycles. The minimum Gasteiger partial charge on any atom is -0.481 e. The number of ether oxygens (including phenoxy) is 1. The highest BCUT2D eigenvalue weighted by Gasteiger charge is 2.57. The standard InChI is InChI=1S/C21H26N2O5/c1-21(2,19(25)26)14-5-3-4-12(8-14)17-15-10-23(11-16(15)17)18(24)13-6-7-28-20(27)22-9-13/h3-5,8,13,15-17H,6-7,9-11H2,1-2H3,(H,22,27)(H,25,26)/t13-,15-,16+,17+/m1/s1. The molecule has 0 aromatic heterocycles. The van der Waals surface area contributed by atoms with E-state index >= 15 is 0 Å². The molecule has 2 heterocycles. The van der Waals surface area contributed by atoms with Crippen LogP contribution in [0.25, 0.3) is 0 Å². The van der Waals surface area contributed by atoms with Crippen molar-refractivity contribution in [2.45, 2.75) is 31.6 Å². The molecule has 2 amide bonds. The first-order valence-electron chi connectivity index (χ1n) is 9.82. The topological polar surface area (TPSA) is 95.9 Å². The third-order valence-electron chi connectivity index (χ3n) is 6.58. The highest BCUT2D eigenvalue weighted by atomic mass is 16.5.